The minimum Gasteiger partial charge on any atom is -0.355 e. The summed E-state index contributed by atoms with van der Waals surface area (Å²) >= 11 is 0. The molecule has 0 bridgehead atoms. The van der Waals surface area contributed by atoms with Crippen molar-refractivity contribution in [3.8, 4) is 0 Å². The van der Waals surface area contributed by atoms with Crippen LogP contribution in [0.1, 0.15) is 20.3 Å². The zero-order valence-electron chi connectivity index (χ0n) is 13.5. The standard InChI is InChI=1S/C18H23N3O.ClH/c1-3-13(2)17(19)18(22)21-16-11-7-10-15(12-16)20-14-8-5-4-6-9-14;/h4-13,17,20H,3,19H2,1-2H3,(H,21,22);1H. The molecular formula is C18H24ClN3O. The van der Waals surface area contributed by atoms with E-state index in [9.17, 15) is 4.79 Å². The fourth-order valence-corrected chi connectivity index (χ4v) is 2.10. The van der Waals surface area contributed by atoms with E-state index in [1.165, 1.54) is 0 Å². The van der Waals surface area contributed by atoms with Gasteiger partial charge in [-0.05, 0) is 36.2 Å². The van der Waals surface area contributed by atoms with E-state index in [2.05, 4.69) is 10.6 Å². The molecule has 2 rings (SSSR count). The highest BCUT2D eigenvalue weighted by Gasteiger charge is 2.19. The van der Waals surface area contributed by atoms with Crippen molar-refractivity contribution in [2.24, 2.45) is 11.7 Å². The van der Waals surface area contributed by atoms with E-state index < -0.39 is 6.04 Å². The number of carbonyl (C=O) groups excluding carboxylic acids is 1. The summed E-state index contributed by atoms with van der Waals surface area (Å²) in [6.45, 7) is 4.01. The molecule has 23 heavy (non-hydrogen) atoms. The van der Waals surface area contributed by atoms with Gasteiger partial charge in [-0.15, -0.1) is 12.4 Å². The highest BCUT2D eigenvalue weighted by Crippen LogP contribution is 2.20. The average Bonchev–Trinajstić information content (AvgIpc) is 2.54. The maximum atomic E-state index is 12.1. The Balaban J connectivity index is 0.00000264. The van der Waals surface area contributed by atoms with Crippen molar-refractivity contribution in [1.82, 2.24) is 0 Å². The molecule has 0 heterocycles. The van der Waals surface area contributed by atoms with Crippen LogP contribution in [-0.2, 0) is 4.79 Å². The molecule has 0 aliphatic rings. The SMILES string of the molecule is CCC(C)C(N)C(=O)Nc1cccc(Nc2ccccc2)c1.Cl. The maximum absolute atomic E-state index is 12.1. The van der Waals surface area contributed by atoms with Crippen LogP contribution in [0.3, 0.4) is 0 Å². The van der Waals surface area contributed by atoms with Crippen LogP contribution < -0.4 is 16.4 Å². The van der Waals surface area contributed by atoms with Crippen molar-refractivity contribution in [2.75, 3.05) is 10.6 Å². The Hall–Kier alpha value is -2.04. The third-order valence-electron chi connectivity index (χ3n) is 3.75. The minimum absolute atomic E-state index is 0. The molecule has 0 saturated carbocycles. The third kappa shape index (κ3) is 5.58. The van der Waals surface area contributed by atoms with E-state index in [4.69, 9.17) is 5.73 Å². The molecule has 1 amide bonds. The van der Waals surface area contributed by atoms with Crippen molar-refractivity contribution in [3.63, 3.8) is 0 Å². The first-order valence-electron chi connectivity index (χ1n) is 7.58. The number of rotatable bonds is 6. The van der Waals surface area contributed by atoms with Gasteiger partial charge in [0.2, 0.25) is 5.91 Å². The normalized spacial score (nSPS) is 12.7. The van der Waals surface area contributed by atoms with Crippen LogP contribution >= 0.6 is 12.4 Å². The number of hydrogen-bond acceptors (Lipinski definition) is 3. The van der Waals surface area contributed by atoms with Crippen LogP contribution in [0.25, 0.3) is 0 Å². The number of hydrogen-bond donors (Lipinski definition) is 3. The minimum atomic E-state index is -0.490. The van der Waals surface area contributed by atoms with Gasteiger partial charge in [0.1, 0.15) is 0 Å². The Morgan fingerprint density at radius 3 is 2.30 bits per heavy atom. The number of halogens is 1. The molecule has 4 nitrogen and oxygen atoms in total. The summed E-state index contributed by atoms with van der Waals surface area (Å²) in [5, 5.41) is 6.18. The maximum Gasteiger partial charge on any atom is 0.241 e. The second kappa shape index (κ2) is 9.18. The molecule has 0 aromatic heterocycles. The molecule has 0 aliphatic carbocycles. The van der Waals surface area contributed by atoms with Crippen LogP contribution in [0.15, 0.2) is 54.6 Å². The molecule has 124 valence electrons. The number of amides is 1. The van der Waals surface area contributed by atoms with Crippen LogP contribution in [-0.4, -0.2) is 11.9 Å². The molecule has 2 aromatic rings. The van der Waals surface area contributed by atoms with Crippen molar-refractivity contribution in [2.45, 2.75) is 26.3 Å². The van der Waals surface area contributed by atoms with E-state index in [0.717, 1.165) is 23.5 Å². The largest absolute Gasteiger partial charge is 0.355 e. The fraction of sp³-hybridized carbons (Fsp3) is 0.278. The lowest BCUT2D eigenvalue weighted by atomic mass is 9.99. The van der Waals surface area contributed by atoms with Gasteiger partial charge in [0.05, 0.1) is 6.04 Å². The first kappa shape index (κ1) is 19.0. The van der Waals surface area contributed by atoms with Crippen LogP contribution in [0, 0.1) is 5.92 Å². The lowest BCUT2D eigenvalue weighted by Gasteiger charge is -2.18. The summed E-state index contributed by atoms with van der Waals surface area (Å²) in [7, 11) is 0. The summed E-state index contributed by atoms with van der Waals surface area (Å²) in [4.78, 5) is 12.1. The summed E-state index contributed by atoms with van der Waals surface area (Å²) in [5.74, 6) is 0.0110. The van der Waals surface area contributed by atoms with Crippen molar-refractivity contribution in [1.29, 1.82) is 0 Å². The predicted molar refractivity (Wildman–Crippen MR) is 99.5 cm³/mol. The Morgan fingerprint density at radius 2 is 1.65 bits per heavy atom. The Morgan fingerprint density at radius 1 is 1.04 bits per heavy atom. The lowest BCUT2D eigenvalue weighted by Crippen LogP contribution is -2.40. The third-order valence-corrected chi connectivity index (χ3v) is 3.75. The van der Waals surface area contributed by atoms with E-state index in [-0.39, 0.29) is 24.2 Å². The van der Waals surface area contributed by atoms with Gasteiger partial charge in [0.25, 0.3) is 0 Å². The van der Waals surface area contributed by atoms with E-state index in [1.807, 2.05) is 68.4 Å². The summed E-state index contributed by atoms with van der Waals surface area (Å²) < 4.78 is 0. The molecule has 0 saturated heterocycles. The number of para-hydroxylation sites is 1. The van der Waals surface area contributed by atoms with Gasteiger partial charge < -0.3 is 16.4 Å². The Labute approximate surface area is 143 Å². The van der Waals surface area contributed by atoms with Crippen molar-refractivity contribution in [3.05, 3.63) is 54.6 Å². The van der Waals surface area contributed by atoms with Crippen LogP contribution in [0.2, 0.25) is 0 Å². The Kier molecular flexibility index (Phi) is 7.59. The summed E-state index contributed by atoms with van der Waals surface area (Å²) in [5.41, 5.74) is 8.61. The molecule has 0 radical (unpaired) electrons. The Bertz CT molecular complexity index is 619. The first-order valence-corrected chi connectivity index (χ1v) is 7.58. The molecule has 0 fully saturated rings. The van der Waals surface area contributed by atoms with Crippen molar-refractivity contribution >= 4 is 35.4 Å². The fourth-order valence-electron chi connectivity index (χ4n) is 2.10. The number of anilines is 3. The summed E-state index contributed by atoms with van der Waals surface area (Å²) in [6, 6.07) is 17.0. The number of benzene rings is 2. The molecule has 4 N–H and O–H groups in total. The molecule has 0 spiro atoms. The van der Waals surface area contributed by atoms with Gasteiger partial charge in [-0.25, -0.2) is 0 Å². The average molecular weight is 334 g/mol. The van der Waals surface area contributed by atoms with Gasteiger partial charge >= 0.3 is 0 Å². The van der Waals surface area contributed by atoms with Crippen LogP contribution in [0.5, 0.6) is 0 Å². The number of carbonyl (C=O) groups is 1. The number of nitrogens with one attached hydrogen (secondary N) is 2. The van der Waals surface area contributed by atoms with Gasteiger partial charge in [-0.3, -0.25) is 4.79 Å². The highest BCUT2D eigenvalue weighted by molar-refractivity contribution is 5.95. The number of nitrogens with two attached hydrogens (primary N) is 1. The van der Waals surface area contributed by atoms with Gasteiger partial charge in [-0.1, -0.05) is 44.5 Å². The quantitative estimate of drug-likeness (QED) is 0.743. The lowest BCUT2D eigenvalue weighted by molar-refractivity contribution is -0.118. The van der Waals surface area contributed by atoms with Gasteiger partial charge in [0.15, 0.2) is 0 Å². The molecular weight excluding hydrogens is 310 g/mol. The van der Waals surface area contributed by atoms with Gasteiger partial charge in [0, 0.05) is 17.1 Å². The second-order valence-electron chi connectivity index (χ2n) is 5.47. The van der Waals surface area contributed by atoms with Crippen molar-refractivity contribution < 1.29 is 4.79 Å². The zero-order chi connectivity index (χ0) is 15.9. The molecule has 5 heteroatoms. The zero-order valence-corrected chi connectivity index (χ0v) is 14.3. The van der Waals surface area contributed by atoms with Gasteiger partial charge in [-0.2, -0.15) is 0 Å². The van der Waals surface area contributed by atoms with E-state index >= 15 is 0 Å². The molecule has 2 unspecified atom stereocenters. The highest BCUT2D eigenvalue weighted by atomic mass is 35.5. The molecule has 0 aliphatic heterocycles. The molecule has 2 atom stereocenters. The van der Waals surface area contributed by atoms with E-state index in [1.54, 1.807) is 0 Å². The van der Waals surface area contributed by atoms with Crippen LogP contribution in [0.4, 0.5) is 17.1 Å². The smallest absolute Gasteiger partial charge is 0.241 e. The predicted octanol–water partition coefficient (Wildman–Crippen LogP) is 4.16. The topological polar surface area (TPSA) is 67.2 Å². The van der Waals surface area contributed by atoms with E-state index in [0.29, 0.717) is 0 Å². The second-order valence-corrected chi connectivity index (χ2v) is 5.47. The molecule has 2 aromatic carbocycles. The monoisotopic (exact) mass is 333 g/mol. The summed E-state index contributed by atoms with van der Waals surface area (Å²) in [6.07, 6.45) is 0.879. The first-order chi connectivity index (χ1) is 10.6.